The molecule has 0 amide bonds. The molecule has 5 heteroatoms. The molecule has 0 saturated carbocycles. The van der Waals surface area contributed by atoms with Crippen molar-refractivity contribution in [1.82, 2.24) is 24.8 Å². The number of benzene rings is 3. The molecule has 0 fully saturated rings. The number of H-pyrrole nitrogens is 2. The normalized spacial score (nSPS) is 12.2. The van der Waals surface area contributed by atoms with Gasteiger partial charge in [0.15, 0.2) is 0 Å². The van der Waals surface area contributed by atoms with Gasteiger partial charge in [0.2, 0.25) is 0 Å². The van der Waals surface area contributed by atoms with E-state index in [2.05, 4.69) is 119 Å². The largest absolute Gasteiger partial charge is 0.342 e. The predicted molar refractivity (Wildman–Crippen MR) is 143 cm³/mol. The number of hydrogen-bond donors (Lipinski definition) is 2. The van der Waals surface area contributed by atoms with Crippen LogP contribution in [0.2, 0.25) is 0 Å². The molecule has 0 spiro atoms. The van der Waals surface area contributed by atoms with Crippen molar-refractivity contribution in [1.29, 1.82) is 0 Å². The van der Waals surface area contributed by atoms with Crippen molar-refractivity contribution in [3.63, 3.8) is 0 Å². The van der Waals surface area contributed by atoms with Crippen LogP contribution < -0.4 is 0 Å². The van der Waals surface area contributed by atoms with Gasteiger partial charge < -0.3 is 9.97 Å². The van der Waals surface area contributed by atoms with Gasteiger partial charge in [-0.3, -0.25) is 4.90 Å². The maximum atomic E-state index is 4.58. The quantitative estimate of drug-likeness (QED) is 0.276. The van der Waals surface area contributed by atoms with Gasteiger partial charge in [-0.25, -0.2) is 9.97 Å². The summed E-state index contributed by atoms with van der Waals surface area (Å²) >= 11 is 0. The van der Waals surface area contributed by atoms with Crippen LogP contribution in [0.3, 0.4) is 0 Å². The fourth-order valence-corrected chi connectivity index (χ4v) is 4.17. The van der Waals surface area contributed by atoms with E-state index in [0.717, 1.165) is 47.0 Å². The van der Waals surface area contributed by atoms with E-state index in [1.54, 1.807) is 0 Å². The summed E-state index contributed by atoms with van der Waals surface area (Å²) in [4.78, 5) is 18.2. The summed E-state index contributed by atoms with van der Waals surface area (Å²) in [6.07, 6.45) is 5.73. The van der Waals surface area contributed by atoms with Gasteiger partial charge in [-0.05, 0) is 55.3 Å². The monoisotopic (exact) mass is 461 g/mol. The van der Waals surface area contributed by atoms with Crippen molar-refractivity contribution in [2.45, 2.75) is 25.8 Å². The molecule has 0 aliphatic heterocycles. The molecule has 5 nitrogen and oxygen atoms in total. The highest BCUT2D eigenvalue weighted by Gasteiger charge is 2.12. The Bertz CT molecular complexity index is 1360. The fraction of sp³-hybridized carbons (Fsp3) is 0.200. The Labute approximate surface area is 206 Å². The summed E-state index contributed by atoms with van der Waals surface area (Å²) in [6, 6.07) is 28.0. The van der Waals surface area contributed by atoms with E-state index in [9.17, 15) is 0 Å². The summed E-state index contributed by atoms with van der Waals surface area (Å²) in [5.41, 5.74) is 8.08. The molecule has 0 aliphatic carbocycles. The van der Waals surface area contributed by atoms with Gasteiger partial charge in [0, 0.05) is 6.42 Å². The molecule has 176 valence electrons. The molecule has 35 heavy (non-hydrogen) atoms. The molecule has 0 unspecified atom stereocenters. The summed E-state index contributed by atoms with van der Waals surface area (Å²) in [5.74, 6) is 2.00. The van der Waals surface area contributed by atoms with Crippen LogP contribution in [0.25, 0.3) is 33.6 Å². The topological polar surface area (TPSA) is 60.6 Å². The second kappa shape index (κ2) is 10.1. The summed E-state index contributed by atoms with van der Waals surface area (Å²) in [7, 11) is 4.12. The highest BCUT2D eigenvalue weighted by molar-refractivity contribution is 5.71. The lowest BCUT2D eigenvalue weighted by Crippen LogP contribution is -2.17. The average Bonchev–Trinajstić information content (AvgIpc) is 3.58. The van der Waals surface area contributed by atoms with Gasteiger partial charge >= 0.3 is 0 Å². The number of aryl methyl sites for hydroxylation is 2. The minimum atomic E-state index is 0.247. The Morgan fingerprint density at radius 1 is 0.657 bits per heavy atom. The molecule has 1 atom stereocenters. The van der Waals surface area contributed by atoms with E-state index < -0.39 is 0 Å². The molecule has 0 saturated heterocycles. The number of aromatic nitrogens is 4. The first-order chi connectivity index (χ1) is 17.1. The SMILES string of the molecule is C[C@@H](c1ncc(-c2ccc(-c3ccc(-c4cnc(CCc5ccccc5)[nH]4)cc3)cc2)[nH]1)N(C)C. The van der Waals surface area contributed by atoms with Crippen LogP contribution in [-0.4, -0.2) is 38.9 Å². The van der Waals surface area contributed by atoms with E-state index >= 15 is 0 Å². The van der Waals surface area contributed by atoms with E-state index in [0.29, 0.717) is 0 Å². The smallest absolute Gasteiger partial charge is 0.123 e. The molecular weight excluding hydrogens is 430 g/mol. The first-order valence-corrected chi connectivity index (χ1v) is 12.1. The Hall–Kier alpha value is -3.96. The second-order valence-electron chi connectivity index (χ2n) is 9.21. The van der Waals surface area contributed by atoms with Crippen LogP contribution in [0.1, 0.15) is 30.2 Å². The average molecular weight is 462 g/mol. The zero-order valence-corrected chi connectivity index (χ0v) is 20.5. The van der Waals surface area contributed by atoms with Crippen LogP contribution >= 0.6 is 0 Å². The lowest BCUT2D eigenvalue weighted by Gasteiger charge is -2.16. The summed E-state index contributed by atoms with van der Waals surface area (Å²) in [5, 5.41) is 0. The Morgan fingerprint density at radius 2 is 1.20 bits per heavy atom. The van der Waals surface area contributed by atoms with Gasteiger partial charge in [0.25, 0.3) is 0 Å². The van der Waals surface area contributed by atoms with Crippen LogP contribution in [0.4, 0.5) is 0 Å². The van der Waals surface area contributed by atoms with E-state index in [-0.39, 0.29) is 6.04 Å². The molecule has 3 aromatic carbocycles. The Kier molecular flexibility index (Phi) is 6.59. The Balaban J connectivity index is 1.25. The van der Waals surface area contributed by atoms with Gasteiger partial charge in [-0.15, -0.1) is 0 Å². The van der Waals surface area contributed by atoms with Crippen molar-refractivity contribution in [2.24, 2.45) is 0 Å². The third-order valence-corrected chi connectivity index (χ3v) is 6.61. The number of nitrogens with zero attached hydrogens (tertiary/aromatic N) is 3. The van der Waals surface area contributed by atoms with Crippen molar-refractivity contribution in [3.05, 3.63) is 108 Å². The fourth-order valence-electron chi connectivity index (χ4n) is 4.17. The molecule has 2 heterocycles. The van der Waals surface area contributed by atoms with Crippen molar-refractivity contribution >= 4 is 0 Å². The first-order valence-electron chi connectivity index (χ1n) is 12.1. The van der Waals surface area contributed by atoms with E-state index in [4.69, 9.17) is 0 Å². The molecule has 2 aromatic heterocycles. The van der Waals surface area contributed by atoms with E-state index in [1.807, 2.05) is 18.5 Å². The zero-order chi connectivity index (χ0) is 24.2. The zero-order valence-electron chi connectivity index (χ0n) is 20.5. The maximum Gasteiger partial charge on any atom is 0.123 e. The molecular formula is C30H31N5. The lowest BCUT2D eigenvalue weighted by atomic mass is 10.0. The van der Waals surface area contributed by atoms with Crippen LogP contribution in [-0.2, 0) is 12.8 Å². The number of hydrogen-bond acceptors (Lipinski definition) is 3. The third-order valence-electron chi connectivity index (χ3n) is 6.61. The highest BCUT2D eigenvalue weighted by Crippen LogP contribution is 2.27. The number of imidazole rings is 2. The molecule has 0 bridgehead atoms. The number of nitrogens with one attached hydrogen (secondary N) is 2. The molecule has 2 N–H and O–H groups in total. The van der Waals surface area contributed by atoms with Crippen molar-refractivity contribution in [3.8, 4) is 33.6 Å². The van der Waals surface area contributed by atoms with Crippen molar-refractivity contribution < 1.29 is 0 Å². The molecule has 5 aromatic rings. The standard InChI is InChI=1S/C30H31N5/c1-21(35(2)3)30-32-20-28(34-30)26-16-12-24(13-17-26)23-10-14-25(15-11-23)27-19-31-29(33-27)18-9-22-7-5-4-6-8-22/h4-8,10-17,19-21H,9,18H2,1-3H3,(H,31,33)(H,32,34)/t21-/m0/s1. The second-order valence-corrected chi connectivity index (χ2v) is 9.21. The van der Waals surface area contributed by atoms with Gasteiger partial charge in [-0.1, -0.05) is 78.9 Å². The molecule has 0 radical (unpaired) electrons. The van der Waals surface area contributed by atoms with Crippen LogP contribution in [0.5, 0.6) is 0 Å². The minimum absolute atomic E-state index is 0.247. The lowest BCUT2D eigenvalue weighted by molar-refractivity contribution is 0.310. The van der Waals surface area contributed by atoms with Gasteiger partial charge in [0.1, 0.15) is 11.6 Å². The highest BCUT2D eigenvalue weighted by atomic mass is 15.1. The number of rotatable bonds is 8. The maximum absolute atomic E-state index is 4.58. The third kappa shape index (κ3) is 5.26. The van der Waals surface area contributed by atoms with Gasteiger partial charge in [0.05, 0.1) is 29.8 Å². The predicted octanol–water partition coefficient (Wildman–Crippen LogP) is 6.54. The first kappa shape index (κ1) is 22.8. The summed E-state index contributed by atoms with van der Waals surface area (Å²) in [6.45, 7) is 2.14. The Morgan fingerprint density at radius 3 is 1.80 bits per heavy atom. The van der Waals surface area contributed by atoms with E-state index in [1.165, 1.54) is 16.7 Å². The summed E-state index contributed by atoms with van der Waals surface area (Å²) < 4.78 is 0. The van der Waals surface area contributed by atoms with Gasteiger partial charge in [-0.2, -0.15) is 0 Å². The minimum Gasteiger partial charge on any atom is -0.342 e. The van der Waals surface area contributed by atoms with Crippen LogP contribution in [0, 0.1) is 0 Å². The van der Waals surface area contributed by atoms with Crippen molar-refractivity contribution in [2.75, 3.05) is 14.1 Å². The molecule has 0 aliphatic rings. The molecule has 5 rings (SSSR count). The number of aromatic amines is 2. The van der Waals surface area contributed by atoms with Crippen LogP contribution in [0.15, 0.2) is 91.3 Å².